The van der Waals surface area contributed by atoms with Crippen LogP contribution in [0.5, 0.6) is 34.5 Å². The molecule has 10 aromatic rings. The summed E-state index contributed by atoms with van der Waals surface area (Å²) >= 11 is 14.7. The average Bonchev–Trinajstić information content (AvgIpc) is 1.39. The van der Waals surface area contributed by atoms with Gasteiger partial charge in [-0.1, -0.05) is 35.7 Å². The van der Waals surface area contributed by atoms with Crippen molar-refractivity contribution in [3.63, 3.8) is 0 Å². The largest absolute Gasteiger partial charge is 0.508 e. The average molecular weight is 1690 g/mol. The number of carboxylic acid groups (broad SMARTS) is 2. The van der Waals surface area contributed by atoms with Gasteiger partial charge < -0.3 is 94.0 Å². The molecule has 9 heterocycles. The molecule has 1 unspecified atom stereocenters. The first-order chi connectivity index (χ1) is 58.0. The molecule has 36 heteroatoms. The van der Waals surface area contributed by atoms with Gasteiger partial charge in [0.2, 0.25) is 19.5 Å². The van der Waals surface area contributed by atoms with Crippen molar-refractivity contribution >= 4 is 138 Å². The van der Waals surface area contributed by atoms with Gasteiger partial charge in [-0.05, 0) is 179 Å². The fourth-order valence-corrected chi connectivity index (χ4v) is 17.5. The minimum absolute atomic E-state index is 0.00314. The maximum atomic E-state index is 12.9. The lowest BCUT2D eigenvalue weighted by Gasteiger charge is -2.31. The quantitative estimate of drug-likeness (QED) is 0.0123. The van der Waals surface area contributed by atoms with E-state index in [9.17, 15) is 39.6 Å². The number of carbonyl (C=O) groups is 2. The maximum absolute atomic E-state index is 12.9. The Morgan fingerprint density at radius 2 is 1.20 bits per heavy atom. The third-order valence-electron chi connectivity index (χ3n) is 20.0. The summed E-state index contributed by atoms with van der Waals surface area (Å²) in [4.78, 5) is 85.1. The highest BCUT2D eigenvalue weighted by Crippen LogP contribution is 2.49. The second-order valence-electron chi connectivity index (χ2n) is 28.2. The van der Waals surface area contributed by atoms with Crippen LogP contribution in [0.4, 0.5) is 17.2 Å². The number of phenols is 2. The van der Waals surface area contributed by atoms with E-state index in [-0.39, 0.29) is 83.0 Å². The van der Waals surface area contributed by atoms with Crippen molar-refractivity contribution in [2.75, 3.05) is 56.1 Å². The van der Waals surface area contributed by atoms with E-state index in [4.69, 9.17) is 83.5 Å². The van der Waals surface area contributed by atoms with Crippen LogP contribution in [-0.4, -0.2) is 167 Å². The summed E-state index contributed by atoms with van der Waals surface area (Å²) in [7, 11) is 0. The Labute approximate surface area is 700 Å². The summed E-state index contributed by atoms with van der Waals surface area (Å²) in [5.41, 5.74) is 19.8. The number of hydrogen-bond donors (Lipinski definition) is 10. The number of aromatic hydroxyl groups is 2. The van der Waals surface area contributed by atoms with E-state index in [1.165, 1.54) is 96.8 Å². The second kappa shape index (κ2) is 33.9. The molecule has 6 aromatic carbocycles. The van der Waals surface area contributed by atoms with E-state index in [1.54, 1.807) is 60.9 Å². The summed E-state index contributed by atoms with van der Waals surface area (Å²) in [6.07, 6.45) is 8.35. The van der Waals surface area contributed by atoms with Crippen molar-refractivity contribution in [1.29, 1.82) is 5.41 Å². The van der Waals surface area contributed by atoms with Crippen molar-refractivity contribution in [3.8, 4) is 102 Å². The number of carboxylic acids is 2. The molecular formula is C84H73N17O15S4. The number of aromatic amines is 1. The molecule has 4 aromatic heterocycles. The van der Waals surface area contributed by atoms with E-state index in [2.05, 4.69) is 40.8 Å². The number of nitrogens with one attached hydrogen (secondary N) is 4. The van der Waals surface area contributed by atoms with Gasteiger partial charge >= 0.3 is 11.9 Å². The third kappa shape index (κ3) is 16.2. The number of imidazole rings is 1. The van der Waals surface area contributed by atoms with Crippen LogP contribution < -0.4 is 51.9 Å². The van der Waals surface area contributed by atoms with Gasteiger partial charge in [-0.15, -0.1) is 0 Å². The SMILES string of the molecule is CC(C)N(CCCN1C(Sc2cc3c(cc2-c2ncco2)OCO3)=NC(CN)C1=NC=N)C(=S)Nc1ccc(-c2c3ccc(=O)cc-3oc3cc(O)ccc23)c(C(=O)O)c1.CC(C)N(CCCn1c(Sc2cc3c(cc2-c2ccn[nH]2)OCO3)nc2c(N)ncnc21)C(=S)Nc1ccc(-c2c3ccc(=O)cc-3oc3cc(O)ccc23)c(C(=O)O)c1. The first-order valence-electron chi connectivity index (χ1n) is 37.6. The molecule has 0 saturated carbocycles. The monoisotopic (exact) mass is 1690 g/mol. The van der Waals surface area contributed by atoms with Crippen LogP contribution in [0.2, 0.25) is 0 Å². The lowest BCUT2D eigenvalue weighted by molar-refractivity contribution is 0.0687. The summed E-state index contributed by atoms with van der Waals surface area (Å²) < 4.78 is 42.3. The normalized spacial score (nSPS) is 13.7. The number of nitrogens with zero attached hydrogens (tertiary/aromatic N) is 11. The van der Waals surface area contributed by atoms with Gasteiger partial charge in [-0.25, -0.2) is 39.5 Å². The Bertz CT molecular complexity index is 6510. The molecule has 2 aliphatic carbocycles. The molecule has 0 amide bonds. The number of aromatic nitrogens is 7. The number of hydrogen-bond acceptors (Lipinski definition) is 26. The number of aromatic carboxylic acids is 2. The molecule has 5 aliphatic heterocycles. The van der Waals surface area contributed by atoms with Crippen molar-refractivity contribution < 1.29 is 62.2 Å². The summed E-state index contributed by atoms with van der Waals surface area (Å²) in [5.74, 6) is 1.75. The number of phenolic OH excluding ortho intramolecular Hbond substituents is 2. The molecule has 0 spiro atoms. The standard InChI is InChI=1S/C42H35N9O7S2.C42H38N8O8S2/c1-21(2)50(41(59)47-22-4-7-25(28(14-22)40(54)55)36-26-8-5-23(52)15-31(26)58-32-16-24(53)6-9-27(32)36)12-3-13-51-39-37(38(43)44-19-45-39)48-42(51)60-35-18-34-33(56-20-57-34)17-29(35)30-10-11-46-49-30;1-22(2)49(11-3-12-50-38(46-20-44)31(19-43)48-42(50)60-36-18-35-34(56-21-57-35)17-30(36)39-45-10-13-55-39)41(59)47-23-4-7-26(29(14-23)40(53)54)37-27-8-5-24(51)15-32(27)58-33-16-25(52)6-9-28(33)37/h4-11,14-19,21,52H,3,12-13,20H2,1-2H3,(H,46,49)(H,47,59)(H,54,55)(H2,43,44,45);4-10,13-18,20,22,31,44,51H,3,11-12,19,21,43H2,1-2H3,(H,47,59)(H,53,54). The number of ether oxygens (including phenoxy) is 4. The molecule has 7 aliphatic rings. The number of aryl methyl sites for hydroxylation is 1. The van der Waals surface area contributed by atoms with Crippen LogP contribution in [0.25, 0.3) is 101 Å². The zero-order valence-corrected chi connectivity index (χ0v) is 67.5. The Balaban J connectivity index is 0.000000179. The first kappa shape index (κ1) is 79.9. The van der Waals surface area contributed by atoms with Crippen LogP contribution >= 0.6 is 48.0 Å². The number of thioether (sulfide) groups is 1. The number of thiocarbonyl (C=S) groups is 2. The van der Waals surface area contributed by atoms with Gasteiger partial charge in [0.15, 0.2) is 71.4 Å². The van der Waals surface area contributed by atoms with E-state index in [0.29, 0.717) is 178 Å². The summed E-state index contributed by atoms with van der Waals surface area (Å²) in [6.45, 7) is 10.5. The van der Waals surface area contributed by atoms with Crippen LogP contribution in [-0.2, 0) is 6.54 Å². The van der Waals surface area contributed by atoms with Crippen LogP contribution in [0.1, 0.15) is 61.3 Å². The number of aliphatic imine (C=N–C) groups is 2. The maximum Gasteiger partial charge on any atom is 0.336 e. The van der Waals surface area contributed by atoms with Crippen molar-refractivity contribution in [2.24, 2.45) is 15.7 Å². The predicted octanol–water partition coefficient (Wildman–Crippen LogP) is 14.4. The summed E-state index contributed by atoms with van der Waals surface area (Å²) in [5, 5.41) is 66.0. The Hall–Kier alpha value is -13.9. The minimum atomic E-state index is -1.17. The number of nitrogens with two attached hydrogens (primary N) is 2. The fraction of sp³-hybridized carbons (Fsp3) is 0.190. The number of rotatable bonds is 23. The van der Waals surface area contributed by atoms with E-state index < -0.39 is 18.0 Å². The lowest BCUT2D eigenvalue weighted by atomic mass is 9.90. The van der Waals surface area contributed by atoms with Gasteiger partial charge in [-0.2, -0.15) is 5.10 Å². The van der Waals surface area contributed by atoms with Gasteiger partial charge in [0.1, 0.15) is 65.0 Å². The van der Waals surface area contributed by atoms with Crippen LogP contribution in [0, 0.1) is 5.41 Å². The molecule has 608 valence electrons. The van der Waals surface area contributed by atoms with Crippen molar-refractivity contribution in [2.45, 2.75) is 80.2 Å². The van der Waals surface area contributed by atoms with Gasteiger partial charge in [-0.3, -0.25) is 20.1 Å². The molecule has 0 saturated heterocycles. The highest BCUT2D eigenvalue weighted by atomic mass is 32.2. The highest BCUT2D eigenvalue weighted by molar-refractivity contribution is 8.14. The number of nitrogen functional groups attached to an aromatic ring is 1. The predicted molar refractivity (Wildman–Crippen MR) is 463 cm³/mol. The molecule has 0 fully saturated rings. The smallest absolute Gasteiger partial charge is 0.336 e. The van der Waals surface area contributed by atoms with Crippen LogP contribution in [0.15, 0.2) is 212 Å². The molecule has 32 nitrogen and oxygen atoms in total. The molecule has 1 atom stereocenters. The van der Waals surface area contributed by atoms with Crippen LogP contribution in [0.3, 0.4) is 0 Å². The topological polar surface area (TPSA) is 445 Å². The van der Waals surface area contributed by atoms with E-state index >= 15 is 0 Å². The molecule has 17 rings (SSSR count). The number of fused-ring (bicyclic) bond motifs is 7. The molecule has 12 N–H and O–H groups in total. The van der Waals surface area contributed by atoms with Gasteiger partial charge in [0.25, 0.3) is 0 Å². The van der Waals surface area contributed by atoms with E-state index in [1.807, 2.05) is 77.3 Å². The molecule has 0 radical (unpaired) electrons. The zero-order valence-electron chi connectivity index (χ0n) is 64.2. The van der Waals surface area contributed by atoms with E-state index in [0.717, 1.165) is 27.4 Å². The number of H-pyrrole nitrogens is 1. The zero-order chi connectivity index (χ0) is 83.7. The molecular weight excluding hydrogens is 1620 g/mol. The minimum Gasteiger partial charge on any atom is -0.508 e. The fourth-order valence-electron chi connectivity index (χ4n) is 14.5. The number of oxazole rings is 1. The Kier molecular flexibility index (Phi) is 22.6. The van der Waals surface area contributed by atoms with Crippen molar-refractivity contribution in [3.05, 3.63) is 196 Å². The molecule has 0 bridgehead atoms. The number of anilines is 3. The Morgan fingerprint density at radius 3 is 1.72 bits per heavy atom. The number of amidine groups is 2. The highest BCUT2D eigenvalue weighted by Gasteiger charge is 2.35. The first-order valence-corrected chi connectivity index (χ1v) is 40.0. The number of benzene rings is 8. The Morgan fingerprint density at radius 1 is 0.658 bits per heavy atom. The van der Waals surface area contributed by atoms with Gasteiger partial charge in [0, 0.05) is 135 Å². The van der Waals surface area contributed by atoms with Crippen molar-refractivity contribution in [1.82, 2.24) is 49.4 Å². The molecule has 120 heavy (non-hydrogen) atoms. The second-order valence-corrected chi connectivity index (χ2v) is 31.0. The third-order valence-corrected chi connectivity index (χ3v) is 22.8. The lowest BCUT2D eigenvalue weighted by Crippen LogP contribution is -2.43. The van der Waals surface area contributed by atoms with Gasteiger partial charge in [0.05, 0.1) is 28.6 Å². The summed E-state index contributed by atoms with van der Waals surface area (Å²) in [6, 6.07) is 36.7.